The Morgan fingerprint density at radius 3 is 3.21 bits per heavy atom. The Morgan fingerprint density at radius 2 is 2.43 bits per heavy atom. The van der Waals surface area contributed by atoms with E-state index in [1.54, 1.807) is 6.20 Å². The number of hydrogen-bond donors (Lipinski definition) is 2. The summed E-state index contributed by atoms with van der Waals surface area (Å²) in [6, 6.07) is 1.92. The number of hydrogen-bond acceptors (Lipinski definition) is 3. The van der Waals surface area contributed by atoms with Crippen LogP contribution >= 0.6 is 0 Å². The zero-order chi connectivity index (χ0) is 9.80. The van der Waals surface area contributed by atoms with Crippen molar-refractivity contribution in [3.63, 3.8) is 0 Å². The van der Waals surface area contributed by atoms with Gasteiger partial charge in [0.1, 0.15) is 5.82 Å². The predicted octanol–water partition coefficient (Wildman–Crippen LogP) is 1.11. The molecule has 0 amide bonds. The van der Waals surface area contributed by atoms with Crippen molar-refractivity contribution in [3.8, 4) is 0 Å². The summed E-state index contributed by atoms with van der Waals surface area (Å²) in [5.74, 6) is 1.04. The standard InChI is InChI=1S/C10H14N4/c1-11-5-2-3-10-13-8-4-6-12-7-9(8)14-10/h4,6-7,11H,2-3,5H2,1H3,(H,13,14). The van der Waals surface area contributed by atoms with Gasteiger partial charge in [-0.05, 0) is 26.1 Å². The third-order valence-electron chi connectivity index (χ3n) is 2.17. The number of aromatic amines is 1. The van der Waals surface area contributed by atoms with Crippen molar-refractivity contribution in [2.45, 2.75) is 12.8 Å². The fourth-order valence-corrected chi connectivity index (χ4v) is 1.46. The van der Waals surface area contributed by atoms with Crippen LogP contribution in [0.25, 0.3) is 11.0 Å². The molecule has 2 heterocycles. The summed E-state index contributed by atoms with van der Waals surface area (Å²) in [4.78, 5) is 11.8. The van der Waals surface area contributed by atoms with E-state index in [1.807, 2.05) is 19.3 Å². The van der Waals surface area contributed by atoms with Crippen LogP contribution in [-0.2, 0) is 6.42 Å². The molecule has 0 spiro atoms. The second-order valence-electron chi connectivity index (χ2n) is 3.28. The lowest BCUT2D eigenvalue weighted by Crippen LogP contribution is -2.08. The molecule has 4 nitrogen and oxygen atoms in total. The van der Waals surface area contributed by atoms with Crippen molar-refractivity contribution in [2.24, 2.45) is 0 Å². The first-order valence-electron chi connectivity index (χ1n) is 4.83. The molecule has 0 saturated carbocycles. The van der Waals surface area contributed by atoms with Crippen molar-refractivity contribution >= 4 is 11.0 Å². The van der Waals surface area contributed by atoms with Gasteiger partial charge in [-0.1, -0.05) is 0 Å². The highest BCUT2D eigenvalue weighted by molar-refractivity contribution is 5.73. The van der Waals surface area contributed by atoms with E-state index in [1.165, 1.54) is 0 Å². The number of imidazole rings is 1. The van der Waals surface area contributed by atoms with E-state index in [0.717, 1.165) is 36.2 Å². The van der Waals surface area contributed by atoms with Crippen molar-refractivity contribution in [2.75, 3.05) is 13.6 Å². The van der Waals surface area contributed by atoms with Crippen LogP contribution in [0.4, 0.5) is 0 Å². The van der Waals surface area contributed by atoms with Gasteiger partial charge in [0.05, 0.1) is 17.2 Å². The van der Waals surface area contributed by atoms with Crippen LogP contribution in [0.1, 0.15) is 12.2 Å². The zero-order valence-electron chi connectivity index (χ0n) is 8.25. The van der Waals surface area contributed by atoms with Gasteiger partial charge in [0.2, 0.25) is 0 Å². The number of nitrogens with zero attached hydrogens (tertiary/aromatic N) is 2. The highest BCUT2D eigenvalue weighted by atomic mass is 14.9. The normalized spacial score (nSPS) is 10.9. The highest BCUT2D eigenvalue weighted by Crippen LogP contribution is 2.09. The van der Waals surface area contributed by atoms with Crippen LogP contribution in [0.2, 0.25) is 0 Å². The van der Waals surface area contributed by atoms with Crippen LogP contribution in [0.15, 0.2) is 18.5 Å². The Kier molecular flexibility index (Phi) is 2.74. The Balaban J connectivity index is 2.11. The molecule has 0 bridgehead atoms. The fourth-order valence-electron chi connectivity index (χ4n) is 1.46. The van der Waals surface area contributed by atoms with E-state index in [4.69, 9.17) is 0 Å². The minimum absolute atomic E-state index is 0.982. The topological polar surface area (TPSA) is 53.6 Å². The number of nitrogens with one attached hydrogen (secondary N) is 2. The van der Waals surface area contributed by atoms with E-state index in [-0.39, 0.29) is 0 Å². The second-order valence-corrected chi connectivity index (χ2v) is 3.28. The third-order valence-corrected chi connectivity index (χ3v) is 2.17. The van der Waals surface area contributed by atoms with Crippen LogP contribution in [-0.4, -0.2) is 28.5 Å². The van der Waals surface area contributed by atoms with E-state index in [0.29, 0.717) is 0 Å². The fraction of sp³-hybridized carbons (Fsp3) is 0.400. The summed E-state index contributed by atoms with van der Waals surface area (Å²) in [5.41, 5.74) is 2.02. The van der Waals surface area contributed by atoms with Gasteiger partial charge in [0.25, 0.3) is 0 Å². The summed E-state index contributed by atoms with van der Waals surface area (Å²) in [5, 5.41) is 3.12. The largest absolute Gasteiger partial charge is 0.341 e. The van der Waals surface area contributed by atoms with E-state index >= 15 is 0 Å². The molecule has 74 valence electrons. The monoisotopic (exact) mass is 190 g/mol. The van der Waals surface area contributed by atoms with Crippen LogP contribution < -0.4 is 5.32 Å². The maximum absolute atomic E-state index is 4.46. The van der Waals surface area contributed by atoms with Gasteiger partial charge in [-0.3, -0.25) is 4.98 Å². The summed E-state index contributed by atoms with van der Waals surface area (Å²) in [6.07, 6.45) is 5.66. The lowest BCUT2D eigenvalue weighted by Gasteiger charge is -1.95. The first-order valence-corrected chi connectivity index (χ1v) is 4.83. The van der Waals surface area contributed by atoms with Crippen LogP contribution in [0, 0.1) is 0 Å². The first kappa shape index (κ1) is 9.15. The van der Waals surface area contributed by atoms with E-state index in [2.05, 4.69) is 20.3 Å². The molecule has 0 fully saturated rings. The molecule has 0 aromatic carbocycles. The van der Waals surface area contributed by atoms with Gasteiger partial charge < -0.3 is 10.3 Å². The molecule has 0 unspecified atom stereocenters. The molecule has 0 saturated heterocycles. The van der Waals surface area contributed by atoms with Gasteiger partial charge in [0.15, 0.2) is 0 Å². The lowest BCUT2D eigenvalue weighted by atomic mass is 10.3. The average Bonchev–Trinajstić information content (AvgIpc) is 2.60. The molecule has 2 N–H and O–H groups in total. The Bertz CT molecular complexity index is 374. The summed E-state index contributed by atoms with van der Waals surface area (Å²) in [7, 11) is 1.96. The molecule has 0 aliphatic carbocycles. The van der Waals surface area contributed by atoms with Gasteiger partial charge in [0, 0.05) is 12.6 Å². The Hall–Kier alpha value is -1.42. The molecule has 0 atom stereocenters. The SMILES string of the molecule is CNCCCc1nc2ccncc2[nH]1. The van der Waals surface area contributed by atoms with Crippen molar-refractivity contribution in [1.82, 2.24) is 20.3 Å². The Morgan fingerprint density at radius 1 is 1.50 bits per heavy atom. The van der Waals surface area contributed by atoms with Crippen molar-refractivity contribution in [3.05, 3.63) is 24.3 Å². The predicted molar refractivity (Wildman–Crippen MR) is 56.1 cm³/mol. The minimum atomic E-state index is 0.982. The van der Waals surface area contributed by atoms with Gasteiger partial charge >= 0.3 is 0 Å². The molecule has 4 heteroatoms. The molecule has 14 heavy (non-hydrogen) atoms. The molecular formula is C10H14N4. The number of aryl methyl sites for hydroxylation is 1. The lowest BCUT2D eigenvalue weighted by molar-refractivity contribution is 0.709. The summed E-state index contributed by atoms with van der Waals surface area (Å²) in [6.45, 7) is 1.02. The van der Waals surface area contributed by atoms with Crippen LogP contribution in [0.5, 0.6) is 0 Å². The van der Waals surface area contributed by atoms with Gasteiger partial charge in [-0.2, -0.15) is 0 Å². The van der Waals surface area contributed by atoms with Crippen LogP contribution in [0.3, 0.4) is 0 Å². The maximum atomic E-state index is 4.46. The van der Waals surface area contributed by atoms with Gasteiger partial charge in [-0.25, -0.2) is 4.98 Å². The molecule has 2 rings (SSSR count). The molecule has 0 aliphatic heterocycles. The number of H-pyrrole nitrogens is 1. The molecule has 2 aromatic heterocycles. The third kappa shape index (κ3) is 1.90. The molecule has 2 aromatic rings. The number of aromatic nitrogens is 3. The molecule has 0 radical (unpaired) electrons. The van der Waals surface area contributed by atoms with Gasteiger partial charge in [-0.15, -0.1) is 0 Å². The van der Waals surface area contributed by atoms with Crippen molar-refractivity contribution in [1.29, 1.82) is 0 Å². The second kappa shape index (κ2) is 4.19. The average molecular weight is 190 g/mol. The summed E-state index contributed by atoms with van der Waals surface area (Å²) >= 11 is 0. The number of fused-ring (bicyclic) bond motifs is 1. The quantitative estimate of drug-likeness (QED) is 0.710. The van der Waals surface area contributed by atoms with E-state index < -0.39 is 0 Å². The first-order chi connectivity index (χ1) is 6.90. The smallest absolute Gasteiger partial charge is 0.107 e. The Labute approximate surface area is 82.8 Å². The van der Waals surface area contributed by atoms with Crippen molar-refractivity contribution < 1.29 is 0 Å². The van der Waals surface area contributed by atoms with E-state index in [9.17, 15) is 0 Å². The zero-order valence-corrected chi connectivity index (χ0v) is 8.25. The minimum Gasteiger partial charge on any atom is -0.341 e. The molecule has 0 aliphatic rings. The maximum Gasteiger partial charge on any atom is 0.107 e. The highest BCUT2D eigenvalue weighted by Gasteiger charge is 2.00. The number of rotatable bonds is 4. The summed E-state index contributed by atoms with van der Waals surface area (Å²) < 4.78 is 0. The number of pyridine rings is 1. The molecular weight excluding hydrogens is 176 g/mol.